The molecule has 2 heterocycles. The lowest BCUT2D eigenvalue weighted by Gasteiger charge is -2.37. The number of likely N-dealkylation sites (N-methyl/N-ethyl adjacent to an activating group) is 2. The summed E-state index contributed by atoms with van der Waals surface area (Å²) < 4.78 is 10.3. The quantitative estimate of drug-likeness (QED) is 0.780. The zero-order valence-electron chi connectivity index (χ0n) is 12.6. The smallest absolute Gasteiger partial charge is 0.243 e. The molecule has 0 radical (unpaired) electrons. The van der Waals surface area contributed by atoms with Crippen LogP contribution in [0.15, 0.2) is 4.52 Å². The SMILES string of the molecule is COCCC(N)c1nc(CC2CN(C)CCN2C)no1. The van der Waals surface area contributed by atoms with Gasteiger partial charge >= 0.3 is 0 Å². The largest absolute Gasteiger partial charge is 0.385 e. The van der Waals surface area contributed by atoms with Gasteiger partial charge in [0.1, 0.15) is 0 Å². The van der Waals surface area contributed by atoms with Crippen LogP contribution in [0.3, 0.4) is 0 Å². The summed E-state index contributed by atoms with van der Waals surface area (Å²) in [5.74, 6) is 1.24. The number of aromatic nitrogens is 2. The van der Waals surface area contributed by atoms with Crippen molar-refractivity contribution in [2.24, 2.45) is 5.73 Å². The van der Waals surface area contributed by atoms with Crippen molar-refractivity contribution in [3.63, 3.8) is 0 Å². The van der Waals surface area contributed by atoms with Crippen LogP contribution < -0.4 is 5.73 Å². The van der Waals surface area contributed by atoms with Gasteiger partial charge in [0, 0.05) is 45.8 Å². The van der Waals surface area contributed by atoms with E-state index < -0.39 is 0 Å². The predicted molar refractivity (Wildman–Crippen MR) is 75.3 cm³/mol. The summed E-state index contributed by atoms with van der Waals surface area (Å²) in [6.45, 7) is 3.79. The van der Waals surface area contributed by atoms with Gasteiger partial charge in [-0.1, -0.05) is 5.16 Å². The van der Waals surface area contributed by atoms with Crippen molar-refractivity contribution < 1.29 is 9.26 Å². The van der Waals surface area contributed by atoms with E-state index in [4.69, 9.17) is 15.0 Å². The summed E-state index contributed by atoms with van der Waals surface area (Å²) in [6.07, 6.45) is 1.48. The average Bonchev–Trinajstić information content (AvgIpc) is 2.89. The Hall–Kier alpha value is -1.02. The van der Waals surface area contributed by atoms with Gasteiger partial charge in [-0.2, -0.15) is 4.98 Å². The molecule has 2 atom stereocenters. The average molecular weight is 283 g/mol. The number of ether oxygens (including phenoxy) is 1. The lowest BCUT2D eigenvalue weighted by atomic mass is 10.1. The van der Waals surface area contributed by atoms with E-state index in [1.54, 1.807) is 7.11 Å². The van der Waals surface area contributed by atoms with Crippen molar-refractivity contribution in [1.82, 2.24) is 19.9 Å². The minimum atomic E-state index is -0.247. The molecule has 7 heteroatoms. The molecule has 1 aliphatic heterocycles. The maximum absolute atomic E-state index is 5.98. The van der Waals surface area contributed by atoms with E-state index in [2.05, 4.69) is 34.0 Å². The second kappa shape index (κ2) is 7.12. The highest BCUT2D eigenvalue weighted by molar-refractivity contribution is 4.95. The molecule has 2 rings (SSSR count). The molecule has 1 saturated heterocycles. The number of nitrogens with two attached hydrogens (primary N) is 1. The Balaban J connectivity index is 1.91. The van der Waals surface area contributed by atoms with Crippen molar-refractivity contribution in [2.45, 2.75) is 24.9 Å². The molecular weight excluding hydrogens is 258 g/mol. The fourth-order valence-electron chi connectivity index (χ4n) is 2.40. The van der Waals surface area contributed by atoms with Gasteiger partial charge < -0.3 is 24.8 Å². The van der Waals surface area contributed by atoms with E-state index in [9.17, 15) is 0 Å². The van der Waals surface area contributed by atoms with Gasteiger partial charge in [-0.05, 0) is 20.5 Å². The second-order valence-electron chi connectivity index (χ2n) is 5.54. The number of hydrogen-bond donors (Lipinski definition) is 1. The monoisotopic (exact) mass is 283 g/mol. The zero-order chi connectivity index (χ0) is 14.5. The summed E-state index contributed by atoms with van der Waals surface area (Å²) in [6, 6.07) is 0.178. The molecule has 1 aromatic heterocycles. The highest BCUT2D eigenvalue weighted by Gasteiger charge is 2.24. The first kappa shape index (κ1) is 15.4. The Morgan fingerprint density at radius 3 is 3.00 bits per heavy atom. The molecule has 1 fully saturated rings. The van der Waals surface area contributed by atoms with Crippen LogP contribution in [0.25, 0.3) is 0 Å². The summed E-state index contributed by atoms with van der Waals surface area (Å²) in [5, 5.41) is 4.05. The Kier molecular flexibility index (Phi) is 5.47. The van der Waals surface area contributed by atoms with Crippen LogP contribution in [-0.4, -0.2) is 73.4 Å². The third-order valence-electron chi connectivity index (χ3n) is 3.83. The lowest BCUT2D eigenvalue weighted by molar-refractivity contribution is 0.113. The van der Waals surface area contributed by atoms with Crippen molar-refractivity contribution >= 4 is 0 Å². The van der Waals surface area contributed by atoms with Gasteiger partial charge in [0.05, 0.1) is 6.04 Å². The molecule has 0 amide bonds. The topological polar surface area (TPSA) is 80.7 Å². The zero-order valence-corrected chi connectivity index (χ0v) is 12.6. The number of methoxy groups -OCH3 is 1. The number of hydrogen-bond acceptors (Lipinski definition) is 7. The molecule has 1 aliphatic rings. The van der Waals surface area contributed by atoms with E-state index in [0.717, 1.165) is 31.9 Å². The first-order valence-electron chi connectivity index (χ1n) is 7.06. The normalized spacial score (nSPS) is 23.1. The molecule has 0 aromatic carbocycles. The first-order valence-corrected chi connectivity index (χ1v) is 7.06. The van der Waals surface area contributed by atoms with Crippen LogP contribution in [0.2, 0.25) is 0 Å². The molecule has 0 spiro atoms. The van der Waals surface area contributed by atoms with E-state index in [-0.39, 0.29) is 6.04 Å². The van der Waals surface area contributed by atoms with Crippen LogP contribution >= 0.6 is 0 Å². The third-order valence-corrected chi connectivity index (χ3v) is 3.83. The summed E-state index contributed by atoms with van der Waals surface area (Å²) in [5.41, 5.74) is 5.98. The van der Waals surface area contributed by atoms with Gasteiger partial charge in [-0.15, -0.1) is 0 Å². The molecular formula is C13H25N5O2. The highest BCUT2D eigenvalue weighted by Crippen LogP contribution is 2.14. The van der Waals surface area contributed by atoms with Crippen molar-refractivity contribution in [3.8, 4) is 0 Å². The summed E-state index contributed by atoms with van der Waals surface area (Å²) >= 11 is 0. The van der Waals surface area contributed by atoms with Crippen LogP contribution in [-0.2, 0) is 11.2 Å². The fourth-order valence-corrected chi connectivity index (χ4v) is 2.40. The maximum Gasteiger partial charge on any atom is 0.243 e. The van der Waals surface area contributed by atoms with Crippen molar-refractivity contribution in [1.29, 1.82) is 0 Å². The number of rotatable bonds is 6. The maximum atomic E-state index is 5.98. The Labute approximate surface area is 120 Å². The molecule has 20 heavy (non-hydrogen) atoms. The van der Waals surface area contributed by atoms with Crippen LogP contribution in [0.5, 0.6) is 0 Å². The van der Waals surface area contributed by atoms with Gasteiger partial charge in [0.2, 0.25) is 5.89 Å². The van der Waals surface area contributed by atoms with Crippen LogP contribution in [0.1, 0.15) is 24.2 Å². The van der Waals surface area contributed by atoms with Gasteiger partial charge in [0.15, 0.2) is 5.82 Å². The van der Waals surface area contributed by atoms with Crippen LogP contribution in [0.4, 0.5) is 0 Å². The summed E-state index contributed by atoms with van der Waals surface area (Å²) in [4.78, 5) is 9.09. The Bertz CT molecular complexity index is 411. The number of nitrogens with zero attached hydrogens (tertiary/aromatic N) is 4. The van der Waals surface area contributed by atoms with Gasteiger partial charge in [-0.3, -0.25) is 0 Å². The predicted octanol–water partition coefficient (Wildman–Crippen LogP) is -0.106. The second-order valence-corrected chi connectivity index (χ2v) is 5.54. The fraction of sp³-hybridized carbons (Fsp3) is 0.846. The summed E-state index contributed by atoms with van der Waals surface area (Å²) in [7, 11) is 5.94. The van der Waals surface area contributed by atoms with Crippen LogP contribution in [0, 0.1) is 0 Å². The van der Waals surface area contributed by atoms with Crippen molar-refractivity contribution in [3.05, 3.63) is 11.7 Å². The molecule has 1 aromatic rings. The molecule has 2 unspecified atom stereocenters. The van der Waals surface area contributed by atoms with E-state index >= 15 is 0 Å². The van der Waals surface area contributed by atoms with Crippen molar-refractivity contribution in [2.75, 3.05) is 47.4 Å². The third kappa shape index (κ3) is 3.99. The Morgan fingerprint density at radius 2 is 2.25 bits per heavy atom. The molecule has 0 saturated carbocycles. The van der Waals surface area contributed by atoms with Gasteiger partial charge in [-0.25, -0.2) is 0 Å². The molecule has 2 N–H and O–H groups in total. The van der Waals surface area contributed by atoms with Gasteiger partial charge in [0.25, 0.3) is 0 Å². The first-order chi connectivity index (χ1) is 9.60. The van der Waals surface area contributed by atoms with E-state index in [1.807, 2.05) is 0 Å². The molecule has 0 bridgehead atoms. The molecule has 7 nitrogen and oxygen atoms in total. The Morgan fingerprint density at radius 1 is 1.45 bits per heavy atom. The molecule has 0 aliphatic carbocycles. The standard InChI is InChI=1S/C13H25N5O2/c1-17-5-6-18(2)10(9-17)8-12-15-13(20-16-12)11(14)4-7-19-3/h10-11H,4-9,14H2,1-3H3. The molecule has 114 valence electrons. The van der Waals surface area contributed by atoms with E-state index in [0.29, 0.717) is 25.0 Å². The van der Waals surface area contributed by atoms with E-state index in [1.165, 1.54) is 0 Å². The highest BCUT2D eigenvalue weighted by atomic mass is 16.5. The number of piperazine rings is 1. The minimum Gasteiger partial charge on any atom is -0.385 e. The minimum absolute atomic E-state index is 0.247. The lowest BCUT2D eigenvalue weighted by Crippen LogP contribution is -2.50.